The highest BCUT2D eigenvalue weighted by Crippen LogP contribution is 2.24. The van der Waals surface area contributed by atoms with E-state index in [0.717, 1.165) is 17.0 Å². The lowest BCUT2D eigenvalue weighted by Gasteiger charge is -2.06. The minimum Gasteiger partial charge on any atom is -0.460 e. The summed E-state index contributed by atoms with van der Waals surface area (Å²) < 4.78 is 36.0. The first-order valence-corrected chi connectivity index (χ1v) is 8.24. The van der Waals surface area contributed by atoms with Crippen molar-refractivity contribution in [3.8, 4) is 17.0 Å². The molecule has 25 heavy (non-hydrogen) atoms. The monoisotopic (exact) mass is 363 g/mol. The van der Waals surface area contributed by atoms with Crippen LogP contribution in [-0.4, -0.2) is 24.5 Å². The molecule has 0 atom stereocenters. The first-order valence-electron chi connectivity index (χ1n) is 7.36. The molecule has 130 valence electrons. The summed E-state index contributed by atoms with van der Waals surface area (Å²) in [6, 6.07) is 10.1. The molecule has 0 unspecified atom stereocenters. The molecule has 8 heteroatoms. The number of thiazole rings is 1. The van der Waals surface area contributed by atoms with Crippen molar-refractivity contribution in [3.05, 3.63) is 58.1 Å². The lowest BCUT2D eigenvalue weighted by molar-refractivity contribution is -0.0498. The summed E-state index contributed by atoms with van der Waals surface area (Å²) in [5, 5.41) is 6.33. The standard InChI is InChI=1S/C17H15F2N3O2S/c1-11-3-6-14(23-11)9-21-22-15(10-25-17(22)20-2)12-4-7-13(8-5-12)24-16(18)19/h3-10,16H,1-2H3/b20-17?,21-9-. The van der Waals surface area contributed by atoms with Crippen LogP contribution in [0.2, 0.25) is 0 Å². The summed E-state index contributed by atoms with van der Waals surface area (Å²) >= 11 is 1.43. The molecule has 3 aromatic rings. The van der Waals surface area contributed by atoms with Crippen molar-refractivity contribution in [1.29, 1.82) is 0 Å². The maximum absolute atomic E-state index is 12.3. The van der Waals surface area contributed by atoms with Crippen LogP contribution in [0.1, 0.15) is 11.5 Å². The number of furan rings is 1. The number of benzene rings is 1. The normalized spacial score (nSPS) is 12.4. The van der Waals surface area contributed by atoms with Crippen molar-refractivity contribution in [2.45, 2.75) is 13.5 Å². The molecule has 0 saturated heterocycles. The maximum Gasteiger partial charge on any atom is 0.387 e. The molecular weight excluding hydrogens is 348 g/mol. The Kier molecular flexibility index (Phi) is 5.08. The highest BCUT2D eigenvalue weighted by Gasteiger charge is 2.09. The Morgan fingerprint density at radius 3 is 2.56 bits per heavy atom. The van der Waals surface area contributed by atoms with Crippen molar-refractivity contribution in [2.75, 3.05) is 7.05 Å². The van der Waals surface area contributed by atoms with E-state index < -0.39 is 6.61 Å². The summed E-state index contributed by atoms with van der Waals surface area (Å²) in [7, 11) is 1.68. The number of halogens is 2. The van der Waals surface area contributed by atoms with E-state index in [1.165, 1.54) is 23.5 Å². The summed E-state index contributed by atoms with van der Waals surface area (Å²) in [6.07, 6.45) is 1.60. The number of hydrogen-bond acceptors (Lipinski definition) is 5. The Labute approximate surface area is 146 Å². The van der Waals surface area contributed by atoms with E-state index in [1.54, 1.807) is 30.1 Å². The number of ether oxygens (including phenoxy) is 1. The van der Waals surface area contributed by atoms with Gasteiger partial charge in [-0.25, -0.2) is 4.68 Å². The lowest BCUT2D eigenvalue weighted by atomic mass is 10.2. The van der Waals surface area contributed by atoms with Crippen molar-refractivity contribution >= 4 is 17.6 Å². The van der Waals surface area contributed by atoms with Gasteiger partial charge >= 0.3 is 6.61 Å². The largest absolute Gasteiger partial charge is 0.460 e. The third kappa shape index (κ3) is 4.03. The van der Waals surface area contributed by atoms with E-state index in [4.69, 9.17) is 4.42 Å². The molecule has 2 heterocycles. The summed E-state index contributed by atoms with van der Waals surface area (Å²) in [5.74, 6) is 1.53. The second-order valence-electron chi connectivity index (χ2n) is 5.03. The van der Waals surface area contributed by atoms with Crippen LogP contribution in [0.25, 0.3) is 11.3 Å². The number of alkyl halides is 2. The van der Waals surface area contributed by atoms with E-state index in [-0.39, 0.29) is 5.75 Å². The smallest absolute Gasteiger partial charge is 0.387 e. The van der Waals surface area contributed by atoms with Crippen LogP contribution in [0, 0.1) is 6.92 Å². The highest BCUT2D eigenvalue weighted by molar-refractivity contribution is 7.07. The molecule has 0 fully saturated rings. The number of rotatable bonds is 5. The molecular formula is C17H15F2N3O2S. The van der Waals surface area contributed by atoms with Gasteiger partial charge in [0, 0.05) is 18.0 Å². The second-order valence-corrected chi connectivity index (χ2v) is 5.87. The Bertz CT molecular complexity index is 939. The van der Waals surface area contributed by atoms with Crippen LogP contribution in [0.15, 0.2) is 56.3 Å². The molecule has 0 saturated carbocycles. The van der Waals surface area contributed by atoms with Gasteiger partial charge in [-0.05, 0) is 43.3 Å². The third-order valence-corrected chi connectivity index (χ3v) is 4.22. The average molecular weight is 363 g/mol. The number of aromatic nitrogens is 1. The summed E-state index contributed by atoms with van der Waals surface area (Å²) in [6.45, 7) is -0.986. The zero-order chi connectivity index (χ0) is 17.8. The minimum atomic E-state index is -2.84. The molecule has 0 radical (unpaired) electrons. The molecule has 2 aromatic heterocycles. The van der Waals surface area contributed by atoms with E-state index in [9.17, 15) is 8.78 Å². The molecule has 0 aliphatic rings. The molecule has 0 N–H and O–H groups in total. The van der Waals surface area contributed by atoms with Gasteiger partial charge in [-0.2, -0.15) is 13.9 Å². The van der Waals surface area contributed by atoms with Crippen molar-refractivity contribution in [3.63, 3.8) is 0 Å². The topological polar surface area (TPSA) is 52.0 Å². The molecule has 0 amide bonds. The fraction of sp³-hybridized carbons (Fsp3) is 0.176. The fourth-order valence-electron chi connectivity index (χ4n) is 2.21. The van der Waals surface area contributed by atoms with Crippen LogP contribution < -0.4 is 9.54 Å². The zero-order valence-corrected chi connectivity index (χ0v) is 14.3. The van der Waals surface area contributed by atoms with Gasteiger partial charge in [0.25, 0.3) is 0 Å². The predicted octanol–water partition coefficient (Wildman–Crippen LogP) is 4.13. The zero-order valence-electron chi connectivity index (χ0n) is 13.5. The second kappa shape index (κ2) is 7.43. The summed E-state index contributed by atoms with van der Waals surface area (Å²) in [5.41, 5.74) is 1.59. The van der Waals surface area contributed by atoms with Gasteiger partial charge in [0.15, 0.2) is 0 Å². The van der Waals surface area contributed by atoms with Gasteiger partial charge in [-0.15, -0.1) is 11.3 Å². The van der Waals surface area contributed by atoms with Crippen LogP contribution in [0.3, 0.4) is 0 Å². The number of nitrogens with zero attached hydrogens (tertiary/aromatic N) is 3. The first kappa shape index (κ1) is 17.1. The Morgan fingerprint density at radius 1 is 1.20 bits per heavy atom. The molecule has 0 bridgehead atoms. The van der Waals surface area contributed by atoms with Crippen LogP contribution in [-0.2, 0) is 0 Å². The summed E-state index contributed by atoms with van der Waals surface area (Å²) in [4.78, 5) is 4.90. The Morgan fingerprint density at radius 2 is 1.96 bits per heavy atom. The molecule has 5 nitrogen and oxygen atoms in total. The molecule has 0 aliphatic heterocycles. The van der Waals surface area contributed by atoms with E-state index in [1.807, 2.05) is 24.4 Å². The van der Waals surface area contributed by atoms with E-state index in [0.29, 0.717) is 10.6 Å². The quantitative estimate of drug-likeness (QED) is 0.640. The SMILES string of the molecule is CN=c1scc(-c2ccc(OC(F)F)cc2)n1/N=C\c1ccc(C)o1. The van der Waals surface area contributed by atoms with Gasteiger partial charge in [0.1, 0.15) is 17.3 Å². The van der Waals surface area contributed by atoms with Gasteiger partial charge in [0.05, 0.1) is 11.9 Å². The van der Waals surface area contributed by atoms with Crippen molar-refractivity contribution < 1.29 is 17.9 Å². The van der Waals surface area contributed by atoms with E-state index in [2.05, 4.69) is 14.8 Å². The van der Waals surface area contributed by atoms with Crippen LogP contribution >= 0.6 is 11.3 Å². The third-order valence-electron chi connectivity index (χ3n) is 3.31. The number of aryl methyl sites for hydroxylation is 1. The first-order chi connectivity index (χ1) is 12.1. The van der Waals surface area contributed by atoms with Crippen molar-refractivity contribution in [1.82, 2.24) is 4.68 Å². The number of hydrogen-bond donors (Lipinski definition) is 0. The molecule has 0 aliphatic carbocycles. The Balaban J connectivity index is 1.94. The molecule has 0 spiro atoms. The Hall–Kier alpha value is -2.74. The lowest BCUT2D eigenvalue weighted by Crippen LogP contribution is -2.11. The van der Waals surface area contributed by atoms with Gasteiger partial charge in [-0.1, -0.05) is 0 Å². The van der Waals surface area contributed by atoms with Crippen molar-refractivity contribution in [2.24, 2.45) is 10.1 Å². The highest BCUT2D eigenvalue weighted by atomic mass is 32.1. The van der Waals surface area contributed by atoms with Crippen LogP contribution in [0.5, 0.6) is 5.75 Å². The molecule has 1 aromatic carbocycles. The average Bonchev–Trinajstić information content (AvgIpc) is 3.18. The molecule has 3 rings (SSSR count). The fourth-order valence-corrected chi connectivity index (χ4v) is 3.01. The van der Waals surface area contributed by atoms with Gasteiger partial charge in [-0.3, -0.25) is 4.99 Å². The van der Waals surface area contributed by atoms with E-state index >= 15 is 0 Å². The maximum atomic E-state index is 12.3. The van der Waals surface area contributed by atoms with Gasteiger partial charge < -0.3 is 9.15 Å². The minimum absolute atomic E-state index is 0.107. The predicted molar refractivity (Wildman–Crippen MR) is 92.3 cm³/mol. The van der Waals surface area contributed by atoms with Crippen LogP contribution in [0.4, 0.5) is 8.78 Å². The van der Waals surface area contributed by atoms with Gasteiger partial charge in [0.2, 0.25) is 4.80 Å².